The highest BCUT2D eigenvalue weighted by Crippen LogP contribution is 2.30. The third kappa shape index (κ3) is 3.14. The second-order valence-electron chi connectivity index (χ2n) is 5.82. The summed E-state index contributed by atoms with van der Waals surface area (Å²) >= 11 is 3.58. The molecule has 100 valence electrons. The lowest BCUT2D eigenvalue weighted by Gasteiger charge is -2.32. The quantitative estimate of drug-likeness (QED) is 0.918. The summed E-state index contributed by atoms with van der Waals surface area (Å²) in [6, 6.07) is 8.39. The van der Waals surface area contributed by atoms with Crippen LogP contribution < -0.4 is 5.73 Å². The van der Waals surface area contributed by atoms with Crippen molar-refractivity contribution in [2.45, 2.75) is 44.7 Å². The number of likely N-dealkylation sites (tertiary alicyclic amines) is 1. The molecule has 1 aliphatic rings. The summed E-state index contributed by atoms with van der Waals surface area (Å²) in [5.41, 5.74) is 7.88. The van der Waals surface area contributed by atoms with Crippen molar-refractivity contribution < 1.29 is 0 Å². The zero-order chi connectivity index (χ0) is 13.2. The average Bonchev–Trinajstić information content (AvgIpc) is 2.66. The number of benzene rings is 1. The molecule has 1 saturated heterocycles. The van der Waals surface area contributed by atoms with Crippen molar-refractivity contribution in [3.8, 4) is 0 Å². The monoisotopic (exact) mass is 310 g/mol. The minimum Gasteiger partial charge on any atom is -0.324 e. The van der Waals surface area contributed by atoms with Gasteiger partial charge in [-0.2, -0.15) is 0 Å². The number of rotatable bonds is 4. The molecule has 3 heteroatoms. The van der Waals surface area contributed by atoms with Gasteiger partial charge in [-0.15, -0.1) is 0 Å². The summed E-state index contributed by atoms with van der Waals surface area (Å²) in [6.07, 6.45) is 3.64. The molecule has 0 spiro atoms. The molecule has 1 unspecified atom stereocenters. The summed E-state index contributed by atoms with van der Waals surface area (Å²) in [4.78, 5) is 2.57. The molecule has 18 heavy (non-hydrogen) atoms. The van der Waals surface area contributed by atoms with E-state index in [4.69, 9.17) is 5.73 Å². The second kappa shape index (κ2) is 5.72. The van der Waals surface area contributed by atoms with Crippen LogP contribution in [0.15, 0.2) is 28.7 Å². The molecule has 0 aromatic heterocycles. The molecule has 1 aliphatic heterocycles. The predicted octanol–water partition coefficient (Wildman–Crippen LogP) is 3.71. The zero-order valence-electron chi connectivity index (χ0n) is 11.3. The maximum Gasteiger partial charge on any atom is 0.0318 e. The SMILES string of the molecule is CC1(C)CCCN1CCC(N)c1ccccc1Br. The Bertz CT molecular complexity index is 403. The third-order valence-electron chi connectivity index (χ3n) is 4.09. The molecule has 2 N–H and O–H groups in total. The largest absolute Gasteiger partial charge is 0.324 e. The van der Waals surface area contributed by atoms with Gasteiger partial charge in [0.05, 0.1) is 0 Å². The van der Waals surface area contributed by atoms with Crippen LogP contribution in [0.2, 0.25) is 0 Å². The molecule has 1 aromatic carbocycles. The highest BCUT2D eigenvalue weighted by molar-refractivity contribution is 9.10. The van der Waals surface area contributed by atoms with Gasteiger partial charge in [-0.25, -0.2) is 0 Å². The number of nitrogens with two attached hydrogens (primary N) is 1. The molecule has 1 heterocycles. The van der Waals surface area contributed by atoms with Crippen molar-refractivity contribution in [1.29, 1.82) is 0 Å². The smallest absolute Gasteiger partial charge is 0.0318 e. The predicted molar refractivity (Wildman–Crippen MR) is 80.6 cm³/mol. The topological polar surface area (TPSA) is 29.3 Å². The first-order valence-corrected chi connectivity index (χ1v) is 7.55. The molecule has 0 amide bonds. The lowest BCUT2D eigenvalue weighted by atomic mass is 10.0. The molecule has 1 fully saturated rings. The molecule has 0 aliphatic carbocycles. The van der Waals surface area contributed by atoms with E-state index in [-0.39, 0.29) is 6.04 Å². The second-order valence-corrected chi connectivity index (χ2v) is 6.67. The van der Waals surface area contributed by atoms with Crippen LogP contribution in [0, 0.1) is 0 Å². The molecule has 0 bridgehead atoms. The van der Waals surface area contributed by atoms with Crippen molar-refractivity contribution in [3.63, 3.8) is 0 Å². The fourth-order valence-corrected chi connectivity index (χ4v) is 3.38. The highest BCUT2D eigenvalue weighted by Gasteiger charge is 2.31. The Kier molecular flexibility index (Phi) is 4.46. The van der Waals surface area contributed by atoms with E-state index in [2.05, 4.69) is 52.9 Å². The molecule has 0 radical (unpaired) electrons. The van der Waals surface area contributed by atoms with Crippen LogP contribution in [0.4, 0.5) is 0 Å². The lowest BCUT2D eigenvalue weighted by molar-refractivity contribution is 0.169. The summed E-state index contributed by atoms with van der Waals surface area (Å²) in [5.74, 6) is 0. The zero-order valence-corrected chi connectivity index (χ0v) is 12.9. The van der Waals surface area contributed by atoms with Crippen molar-refractivity contribution in [2.75, 3.05) is 13.1 Å². The average molecular weight is 311 g/mol. The van der Waals surface area contributed by atoms with E-state index < -0.39 is 0 Å². The minimum atomic E-state index is 0.122. The Morgan fingerprint density at radius 2 is 2.11 bits per heavy atom. The normalized spacial score (nSPS) is 21.1. The maximum absolute atomic E-state index is 6.31. The Hall–Kier alpha value is -0.380. The first kappa shape index (κ1) is 14.0. The summed E-state index contributed by atoms with van der Waals surface area (Å²) in [7, 11) is 0. The van der Waals surface area contributed by atoms with Crippen molar-refractivity contribution in [1.82, 2.24) is 4.90 Å². The Morgan fingerprint density at radius 3 is 2.72 bits per heavy atom. The standard InChI is InChI=1S/C15H23BrN2/c1-15(2)9-5-10-18(15)11-8-14(17)12-6-3-4-7-13(12)16/h3-4,6-7,14H,5,8-11,17H2,1-2H3. The number of hydrogen-bond donors (Lipinski definition) is 1. The Morgan fingerprint density at radius 1 is 1.39 bits per heavy atom. The van der Waals surface area contributed by atoms with Crippen molar-refractivity contribution >= 4 is 15.9 Å². The lowest BCUT2D eigenvalue weighted by Crippen LogP contribution is -2.39. The Balaban J connectivity index is 1.93. The van der Waals surface area contributed by atoms with Crippen LogP contribution in [0.1, 0.15) is 44.7 Å². The van der Waals surface area contributed by atoms with E-state index in [0.29, 0.717) is 5.54 Å². The van der Waals surface area contributed by atoms with Gasteiger partial charge in [0.25, 0.3) is 0 Å². The van der Waals surface area contributed by atoms with Gasteiger partial charge < -0.3 is 5.73 Å². The van der Waals surface area contributed by atoms with E-state index in [9.17, 15) is 0 Å². The third-order valence-corrected chi connectivity index (χ3v) is 4.81. The van der Waals surface area contributed by atoms with Gasteiger partial charge in [0.2, 0.25) is 0 Å². The van der Waals surface area contributed by atoms with E-state index in [1.807, 2.05) is 6.07 Å². The van der Waals surface area contributed by atoms with Crippen LogP contribution in [0.5, 0.6) is 0 Å². The van der Waals surface area contributed by atoms with E-state index in [1.165, 1.54) is 24.9 Å². The van der Waals surface area contributed by atoms with Crippen molar-refractivity contribution in [3.05, 3.63) is 34.3 Å². The van der Waals surface area contributed by atoms with Gasteiger partial charge in [0.15, 0.2) is 0 Å². The number of halogens is 1. The first-order valence-electron chi connectivity index (χ1n) is 6.76. The first-order chi connectivity index (χ1) is 8.50. The van der Waals surface area contributed by atoms with Crippen LogP contribution in [0.25, 0.3) is 0 Å². The maximum atomic E-state index is 6.31. The minimum absolute atomic E-state index is 0.122. The van der Waals surface area contributed by atoms with Crippen LogP contribution in [0.3, 0.4) is 0 Å². The van der Waals surface area contributed by atoms with Gasteiger partial charge in [0.1, 0.15) is 0 Å². The molecule has 2 nitrogen and oxygen atoms in total. The van der Waals surface area contributed by atoms with Crippen molar-refractivity contribution in [2.24, 2.45) is 5.73 Å². The summed E-state index contributed by atoms with van der Waals surface area (Å²) < 4.78 is 1.12. The molecule has 1 atom stereocenters. The van der Waals surface area contributed by atoms with E-state index in [0.717, 1.165) is 17.4 Å². The van der Waals surface area contributed by atoms with E-state index >= 15 is 0 Å². The van der Waals surface area contributed by atoms with Gasteiger partial charge >= 0.3 is 0 Å². The van der Waals surface area contributed by atoms with Crippen LogP contribution >= 0.6 is 15.9 Å². The van der Waals surface area contributed by atoms with Crippen LogP contribution in [-0.4, -0.2) is 23.5 Å². The fraction of sp³-hybridized carbons (Fsp3) is 0.600. The molecular formula is C15H23BrN2. The Labute approximate surface area is 119 Å². The van der Waals surface area contributed by atoms with E-state index in [1.54, 1.807) is 0 Å². The highest BCUT2D eigenvalue weighted by atomic mass is 79.9. The number of hydrogen-bond acceptors (Lipinski definition) is 2. The van der Waals surface area contributed by atoms with Gasteiger partial charge in [-0.05, 0) is 51.3 Å². The molecule has 2 rings (SSSR count). The van der Waals surface area contributed by atoms with Gasteiger partial charge in [-0.3, -0.25) is 4.90 Å². The molecule has 1 aromatic rings. The molecule has 0 saturated carbocycles. The summed E-state index contributed by atoms with van der Waals surface area (Å²) in [5, 5.41) is 0. The number of nitrogens with zero attached hydrogens (tertiary/aromatic N) is 1. The molecular weight excluding hydrogens is 288 g/mol. The van der Waals surface area contributed by atoms with Gasteiger partial charge in [-0.1, -0.05) is 34.1 Å². The van der Waals surface area contributed by atoms with Gasteiger partial charge in [0, 0.05) is 22.6 Å². The fourth-order valence-electron chi connectivity index (χ4n) is 2.80. The summed E-state index contributed by atoms with van der Waals surface area (Å²) in [6.45, 7) is 6.99. The van der Waals surface area contributed by atoms with Crippen LogP contribution in [-0.2, 0) is 0 Å².